The van der Waals surface area contributed by atoms with E-state index in [1.165, 1.54) is 18.2 Å². The summed E-state index contributed by atoms with van der Waals surface area (Å²) in [7, 11) is 0. The zero-order valence-electron chi connectivity index (χ0n) is 7.17. The van der Waals surface area contributed by atoms with E-state index in [0.29, 0.717) is 0 Å². The van der Waals surface area contributed by atoms with E-state index >= 15 is 0 Å². The van der Waals surface area contributed by atoms with Crippen molar-refractivity contribution < 1.29 is 25.2 Å². The molecule has 14 heavy (non-hydrogen) atoms. The zero-order chi connectivity index (χ0) is 10.7. The van der Waals surface area contributed by atoms with E-state index in [4.69, 9.17) is 10.2 Å². The van der Waals surface area contributed by atoms with Crippen LogP contribution in [0.25, 0.3) is 0 Å². The van der Waals surface area contributed by atoms with E-state index in [0.717, 1.165) is 0 Å². The molecule has 1 aromatic carbocycles. The number of carbonyl (C=O) groups is 1. The first-order chi connectivity index (χ1) is 6.50. The second-order valence-electron chi connectivity index (χ2n) is 2.85. The van der Waals surface area contributed by atoms with Crippen molar-refractivity contribution in [1.29, 1.82) is 0 Å². The van der Waals surface area contributed by atoms with Crippen LogP contribution in [0.4, 0.5) is 0 Å². The number of benzene rings is 1. The third kappa shape index (κ3) is 2.37. The molecule has 0 aromatic heterocycles. The standard InChI is InChI=1S/C9H10O5/c10-6-1-2-7(11)5(3-6)4-8(12)9(13)14/h1-3,8,10-12H,4H2,(H,13,14)/p-1. The zero-order valence-corrected chi connectivity index (χ0v) is 7.17. The van der Waals surface area contributed by atoms with E-state index < -0.39 is 12.1 Å². The summed E-state index contributed by atoms with van der Waals surface area (Å²) in [6.45, 7) is 0. The molecule has 0 spiro atoms. The van der Waals surface area contributed by atoms with E-state index in [9.17, 15) is 15.0 Å². The van der Waals surface area contributed by atoms with Crippen molar-refractivity contribution >= 4 is 5.97 Å². The largest absolute Gasteiger partial charge is 0.547 e. The number of carboxylic acids is 1. The molecule has 1 rings (SSSR count). The van der Waals surface area contributed by atoms with Crippen LogP contribution in [-0.4, -0.2) is 27.4 Å². The van der Waals surface area contributed by atoms with Gasteiger partial charge in [0.1, 0.15) is 11.5 Å². The molecular weight excluding hydrogens is 188 g/mol. The van der Waals surface area contributed by atoms with E-state index in [-0.39, 0.29) is 23.5 Å². The highest BCUT2D eigenvalue weighted by Gasteiger charge is 2.10. The normalized spacial score (nSPS) is 12.4. The molecule has 0 amide bonds. The van der Waals surface area contributed by atoms with Crippen LogP contribution in [0.3, 0.4) is 0 Å². The molecule has 0 aliphatic rings. The Labute approximate surface area is 79.9 Å². The molecule has 5 nitrogen and oxygen atoms in total. The van der Waals surface area contributed by atoms with Gasteiger partial charge in [-0.25, -0.2) is 0 Å². The summed E-state index contributed by atoms with van der Waals surface area (Å²) in [5, 5.41) is 37.4. The molecule has 0 saturated carbocycles. The van der Waals surface area contributed by atoms with Crippen LogP contribution >= 0.6 is 0 Å². The predicted molar refractivity (Wildman–Crippen MR) is 44.5 cm³/mol. The number of aromatic hydroxyl groups is 2. The minimum atomic E-state index is -1.69. The maximum absolute atomic E-state index is 10.2. The van der Waals surface area contributed by atoms with Crippen LogP contribution in [0.2, 0.25) is 0 Å². The van der Waals surface area contributed by atoms with Crippen LogP contribution in [-0.2, 0) is 11.2 Å². The maximum Gasteiger partial charge on any atom is 0.119 e. The molecule has 76 valence electrons. The number of carboxylic acid groups (broad SMARTS) is 1. The summed E-state index contributed by atoms with van der Waals surface area (Å²) < 4.78 is 0. The van der Waals surface area contributed by atoms with Crippen LogP contribution in [0.5, 0.6) is 11.5 Å². The molecule has 3 N–H and O–H groups in total. The highest BCUT2D eigenvalue weighted by molar-refractivity contribution is 5.70. The van der Waals surface area contributed by atoms with Crippen molar-refractivity contribution in [3.8, 4) is 11.5 Å². The van der Waals surface area contributed by atoms with Gasteiger partial charge in [0.05, 0.1) is 12.1 Å². The van der Waals surface area contributed by atoms with E-state index in [1.54, 1.807) is 0 Å². The third-order valence-corrected chi connectivity index (χ3v) is 1.75. The van der Waals surface area contributed by atoms with Crippen molar-refractivity contribution in [2.45, 2.75) is 12.5 Å². The number of phenols is 2. The summed E-state index contributed by atoms with van der Waals surface area (Å²) in [4.78, 5) is 10.2. The SMILES string of the molecule is O=C([O-])C(O)Cc1cc(O)ccc1O. The van der Waals surface area contributed by atoms with Gasteiger partial charge in [0.15, 0.2) is 0 Å². The average Bonchev–Trinajstić information content (AvgIpc) is 2.11. The van der Waals surface area contributed by atoms with Gasteiger partial charge in [-0.05, 0) is 18.2 Å². The fraction of sp³-hybridized carbons (Fsp3) is 0.222. The van der Waals surface area contributed by atoms with Crippen LogP contribution in [0, 0.1) is 0 Å². The number of aliphatic carboxylic acids is 1. The van der Waals surface area contributed by atoms with Crippen molar-refractivity contribution in [1.82, 2.24) is 0 Å². The molecule has 0 saturated heterocycles. The molecular formula is C9H9O5-. The molecule has 0 fully saturated rings. The molecule has 1 unspecified atom stereocenters. The Morgan fingerprint density at radius 2 is 2.07 bits per heavy atom. The lowest BCUT2D eigenvalue weighted by molar-refractivity contribution is -0.314. The smallest absolute Gasteiger partial charge is 0.119 e. The van der Waals surface area contributed by atoms with Gasteiger partial charge in [-0.2, -0.15) is 0 Å². The lowest BCUT2D eigenvalue weighted by Crippen LogP contribution is -2.36. The van der Waals surface area contributed by atoms with Crippen molar-refractivity contribution in [3.63, 3.8) is 0 Å². The van der Waals surface area contributed by atoms with Gasteiger partial charge in [0.2, 0.25) is 0 Å². The first kappa shape index (κ1) is 10.3. The number of rotatable bonds is 3. The maximum atomic E-state index is 10.2. The minimum absolute atomic E-state index is 0.108. The third-order valence-electron chi connectivity index (χ3n) is 1.75. The number of hydrogen-bond donors (Lipinski definition) is 3. The lowest BCUT2D eigenvalue weighted by Gasteiger charge is -2.12. The second kappa shape index (κ2) is 3.97. The Hall–Kier alpha value is -1.75. The quantitative estimate of drug-likeness (QED) is 0.526. The molecule has 1 atom stereocenters. The topological polar surface area (TPSA) is 101 Å². The van der Waals surface area contributed by atoms with Crippen molar-refractivity contribution in [2.75, 3.05) is 0 Å². The summed E-state index contributed by atoms with van der Waals surface area (Å²) >= 11 is 0. The fourth-order valence-corrected chi connectivity index (χ4v) is 1.03. The molecule has 0 aliphatic heterocycles. The Kier molecular flexibility index (Phi) is 2.93. The summed E-state index contributed by atoms with van der Waals surface area (Å²) in [6.07, 6.45) is -1.99. The summed E-state index contributed by atoms with van der Waals surface area (Å²) in [5.41, 5.74) is 0.154. The number of aliphatic hydroxyl groups is 1. The first-order valence-electron chi connectivity index (χ1n) is 3.90. The Morgan fingerprint density at radius 3 is 2.64 bits per heavy atom. The summed E-state index contributed by atoms with van der Waals surface area (Å²) in [5.74, 6) is -1.90. The van der Waals surface area contributed by atoms with Gasteiger partial charge in [-0.3, -0.25) is 0 Å². The molecule has 0 aliphatic carbocycles. The molecule has 1 aromatic rings. The van der Waals surface area contributed by atoms with Gasteiger partial charge in [0.25, 0.3) is 0 Å². The van der Waals surface area contributed by atoms with Crippen molar-refractivity contribution in [2.24, 2.45) is 0 Å². The molecule has 5 heteroatoms. The molecule has 0 radical (unpaired) electrons. The first-order valence-corrected chi connectivity index (χ1v) is 3.90. The van der Waals surface area contributed by atoms with Crippen LogP contribution < -0.4 is 5.11 Å². The number of carbonyl (C=O) groups excluding carboxylic acids is 1. The minimum Gasteiger partial charge on any atom is -0.547 e. The Balaban J connectivity index is 2.85. The van der Waals surface area contributed by atoms with Crippen LogP contribution in [0.15, 0.2) is 18.2 Å². The molecule has 0 heterocycles. The Bertz CT molecular complexity index is 347. The van der Waals surface area contributed by atoms with E-state index in [1.807, 2.05) is 0 Å². The Morgan fingerprint density at radius 1 is 1.43 bits per heavy atom. The van der Waals surface area contributed by atoms with Gasteiger partial charge in [-0.1, -0.05) is 0 Å². The van der Waals surface area contributed by atoms with Crippen molar-refractivity contribution in [3.05, 3.63) is 23.8 Å². The fourth-order valence-electron chi connectivity index (χ4n) is 1.03. The van der Waals surface area contributed by atoms with Crippen LogP contribution in [0.1, 0.15) is 5.56 Å². The van der Waals surface area contributed by atoms with Gasteiger partial charge < -0.3 is 25.2 Å². The summed E-state index contributed by atoms with van der Waals surface area (Å²) in [6, 6.07) is 3.65. The average molecular weight is 197 g/mol. The van der Waals surface area contributed by atoms with E-state index in [2.05, 4.69) is 0 Å². The molecule has 0 bridgehead atoms. The number of aliphatic hydroxyl groups excluding tert-OH is 1. The number of hydrogen-bond acceptors (Lipinski definition) is 5. The second-order valence-corrected chi connectivity index (χ2v) is 2.85. The number of phenolic OH excluding ortho intramolecular Hbond substituents is 2. The van der Waals surface area contributed by atoms with Gasteiger partial charge >= 0.3 is 0 Å². The van der Waals surface area contributed by atoms with Gasteiger partial charge in [0, 0.05) is 12.0 Å². The highest BCUT2D eigenvalue weighted by atomic mass is 16.4. The lowest BCUT2D eigenvalue weighted by atomic mass is 10.1. The highest BCUT2D eigenvalue weighted by Crippen LogP contribution is 2.23. The predicted octanol–water partition coefficient (Wildman–Crippen LogP) is -1.25. The monoisotopic (exact) mass is 197 g/mol. The van der Waals surface area contributed by atoms with Gasteiger partial charge in [-0.15, -0.1) is 0 Å².